The maximum absolute atomic E-state index is 12.8. The number of aryl methyl sites for hydroxylation is 2. The summed E-state index contributed by atoms with van der Waals surface area (Å²) in [6, 6.07) is 1.78. The van der Waals surface area contributed by atoms with Gasteiger partial charge >= 0.3 is 0 Å². The Hall–Kier alpha value is -2.87. The van der Waals surface area contributed by atoms with E-state index in [1.54, 1.807) is 31.0 Å². The summed E-state index contributed by atoms with van der Waals surface area (Å²) in [7, 11) is 3.27. The van der Waals surface area contributed by atoms with Gasteiger partial charge in [-0.15, -0.1) is 0 Å². The van der Waals surface area contributed by atoms with E-state index in [2.05, 4.69) is 10.3 Å². The number of rotatable bonds is 6. The zero-order valence-electron chi connectivity index (χ0n) is 16.2. The lowest BCUT2D eigenvalue weighted by atomic mass is 10.2. The molecule has 0 saturated heterocycles. The smallest absolute Gasteiger partial charge is 0.294 e. The first kappa shape index (κ1) is 18.9. The number of amides is 1. The van der Waals surface area contributed by atoms with Crippen molar-refractivity contribution in [2.75, 3.05) is 13.7 Å². The Bertz CT molecular complexity index is 1040. The van der Waals surface area contributed by atoms with E-state index < -0.39 is 0 Å². The van der Waals surface area contributed by atoms with E-state index in [4.69, 9.17) is 9.15 Å². The Morgan fingerprint density at radius 1 is 1.37 bits per heavy atom. The van der Waals surface area contributed by atoms with Crippen molar-refractivity contribution in [3.63, 3.8) is 0 Å². The second-order valence-electron chi connectivity index (χ2n) is 6.60. The van der Waals surface area contributed by atoms with E-state index in [1.807, 2.05) is 26.8 Å². The zero-order valence-corrected chi connectivity index (χ0v) is 16.2. The van der Waals surface area contributed by atoms with Gasteiger partial charge < -0.3 is 19.0 Å². The molecule has 8 heteroatoms. The molecule has 0 radical (unpaired) electrons. The first-order valence-corrected chi connectivity index (χ1v) is 8.81. The molecule has 1 N–H and O–H groups in total. The fourth-order valence-corrected chi connectivity index (χ4v) is 3.09. The van der Waals surface area contributed by atoms with Gasteiger partial charge in [0.2, 0.25) is 5.65 Å². The van der Waals surface area contributed by atoms with Crippen molar-refractivity contribution in [3.05, 3.63) is 46.0 Å². The number of nitrogens with one attached hydrogen (secondary N) is 1. The fourth-order valence-electron chi connectivity index (χ4n) is 3.09. The van der Waals surface area contributed by atoms with Crippen LogP contribution in [0.25, 0.3) is 16.9 Å². The van der Waals surface area contributed by atoms with E-state index >= 15 is 0 Å². The lowest BCUT2D eigenvalue weighted by Crippen LogP contribution is -2.37. The highest BCUT2D eigenvalue weighted by atomic mass is 16.5. The Morgan fingerprint density at radius 3 is 2.70 bits per heavy atom. The van der Waals surface area contributed by atoms with Crippen LogP contribution < -0.4 is 10.9 Å². The summed E-state index contributed by atoms with van der Waals surface area (Å²) >= 11 is 0. The summed E-state index contributed by atoms with van der Waals surface area (Å²) in [6.45, 7) is 6.09. The van der Waals surface area contributed by atoms with E-state index in [0.29, 0.717) is 12.3 Å². The molecule has 0 aliphatic carbocycles. The Balaban J connectivity index is 2.03. The molecule has 0 saturated carbocycles. The molecule has 27 heavy (non-hydrogen) atoms. The van der Waals surface area contributed by atoms with Crippen LogP contribution in [-0.4, -0.2) is 39.6 Å². The molecule has 0 spiro atoms. The molecular weight excluding hydrogens is 348 g/mol. The molecule has 1 amide bonds. The fraction of sp³-hybridized carbons (Fsp3) is 0.421. The summed E-state index contributed by atoms with van der Waals surface area (Å²) in [6.07, 6.45) is 4.08. The van der Waals surface area contributed by atoms with Crippen LogP contribution in [0.4, 0.5) is 0 Å². The van der Waals surface area contributed by atoms with Gasteiger partial charge in [-0.1, -0.05) is 6.92 Å². The summed E-state index contributed by atoms with van der Waals surface area (Å²) in [5.74, 6) is 1.16. The number of nitrogens with zero attached hydrogens (tertiary/aromatic N) is 3. The Morgan fingerprint density at radius 2 is 2.11 bits per heavy atom. The first-order chi connectivity index (χ1) is 12.8. The molecule has 0 aromatic carbocycles. The predicted molar refractivity (Wildman–Crippen MR) is 101 cm³/mol. The second-order valence-corrected chi connectivity index (χ2v) is 6.60. The van der Waals surface area contributed by atoms with Gasteiger partial charge in [-0.2, -0.15) is 0 Å². The highest BCUT2D eigenvalue weighted by molar-refractivity contribution is 5.93. The van der Waals surface area contributed by atoms with Crippen LogP contribution in [0.3, 0.4) is 0 Å². The number of furan rings is 1. The number of aromatic nitrogens is 3. The lowest BCUT2D eigenvalue weighted by Gasteiger charge is -2.14. The van der Waals surface area contributed by atoms with Gasteiger partial charge in [0.05, 0.1) is 18.3 Å². The molecule has 0 bridgehead atoms. The molecule has 3 rings (SSSR count). The molecular formula is C19H24N4O4. The number of ether oxygens (including phenoxy) is 1. The molecule has 0 fully saturated rings. The van der Waals surface area contributed by atoms with Crippen LogP contribution in [0.1, 0.15) is 35.4 Å². The number of carbonyl (C=O) groups is 1. The summed E-state index contributed by atoms with van der Waals surface area (Å²) in [5, 5.41) is 2.87. The minimum Gasteiger partial charge on any atom is -0.466 e. The lowest BCUT2D eigenvalue weighted by molar-refractivity contribution is 0.0890. The molecule has 0 aliphatic rings. The van der Waals surface area contributed by atoms with Crippen molar-refractivity contribution in [2.24, 2.45) is 7.05 Å². The van der Waals surface area contributed by atoms with Gasteiger partial charge in [0.1, 0.15) is 17.2 Å². The molecule has 0 unspecified atom stereocenters. The highest BCUT2D eigenvalue weighted by Gasteiger charge is 2.19. The second kappa shape index (κ2) is 7.40. The van der Waals surface area contributed by atoms with Crippen molar-refractivity contribution in [2.45, 2.75) is 33.2 Å². The van der Waals surface area contributed by atoms with Crippen LogP contribution in [0, 0.1) is 13.8 Å². The minimum atomic E-state index is -0.332. The number of fused-ring (bicyclic) bond motifs is 1. The minimum absolute atomic E-state index is 0.109. The molecule has 144 valence electrons. The van der Waals surface area contributed by atoms with Gasteiger partial charge in [0.15, 0.2) is 0 Å². The molecule has 3 aromatic rings. The number of methoxy groups -OCH3 is 1. The van der Waals surface area contributed by atoms with Crippen LogP contribution >= 0.6 is 0 Å². The number of imidazole rings is 1. The van der Waals surface area contributed by atoms with E-state index in [1.165, 1.54) is 4.57 Å². The van der Waals surface area contributed by atoms with Crippen molar-refractivity contribution in [3.8, 4) is 11.3 Å². The summed E-state index contributed by atoms with van der Waals surface area (Å²) < 4.78 is 13.8. The first-order valence-electron chi connectivity index (χ1n) is 8.81. The third-order valence-corrected chi connectivity index (χ3v) is 4.60. The van der Waals surface area contributed by atoms with Gasteiger partial charge in [-0.25, -0.2) is 4.98 Å². The molecule has 8 nitrogen and oxygen atoms in total. The van der Waals surface area contributed by atoms with Gasteiger partial charge in [0, 0.05) is 32.1 Å². The van der Waals surface area contributed by atoms with E-state index in [9.17, 15) is 9.59 Å². The normalized spacial score (nSPS) is 12.5. The quantitative estimate of drug-likeness (QED) is 0.715. The Labute approximate surface area is 156 Å². The SMILES string of the molecule is CC[C@@H](COC)NC(=O)c1cn2cc(-c3cc(C)oc3C)n(C)c(=O)c2n1. The average molecular weight is 372 g/mol. The molecule has 3 heterocycles. The average Bonchev–Trinajstić information content (AvgIpc) is 3.20. The Kier molecular flexibility index (Phi) is 5.18. The zero-order chi connectivity index (χ0) is 19.7. The number of hydrogen-bond donors (Lipinski definition) is 1. The van der Waals surface area contributed by atoms with Crippen LogP contribution in [0.15, 0.2) is 27.7 Å². The predicted octanol–water partition coefficient (Wildman–Crippen LogP) is 2.06. The molecule has 0 aliphatic heterocycles. The van der Waals surface area contributed by atoms with Gasteiger partial charge in [0.25, 0.3) is 11.5 Å². The van der Waals surface area contributed by atoms with E-state index in [0.717, 1.165) is 23.5 Å². The van der Waals surface area contributed by atoms with Crippen LogP contribution in [0.5, 0.6) is 0 Å². The third-order valence-electron chi connectivity index (χ3n) is 4.60. The number of hydrogen-bond acceptors (Lipinski definition) is 5. The summed E-state index contributed by atoms with van der Waals surface area (Å²) in [5.41, 5.74) is 1.63. The van der Waals surface area contributed by atoms with Gasteiger partial charge in [-0.05, 0) is 26.3 Å². The van der Waals surface area contributed by atoms with Crippen molar-refractivity contribution >= 4 is 11.6 Å². The summed E-state index contributed by atoms with van der Waals surface area (Å²) in [4.78, 5) is 29.5. The third kappa shape index (κ3) is 3.52. The monoisotopic (exact) mass is 372 g/mol. The standard InChI is InChI=1S/C19H24N4O4/c1-6-13(10-26-5)20-18(24)15-8-23-9-16(14-7-11(2)27-12(14)3)22(4)19(25)17(23)21-15/h7-9,13H,6,10H2,1-5H3,(H,20,24)/t13-/m0/s1. The molecule has 1 atom stereocenters. The topological polar surface area (TPSA) is 90.8 Å². The van der Waals surface area contributed by atoms with Crippen LogP contribution in [-0.2, 0) is 11.8 Å². The maximum atomic E-state index is 12.8. The van der Waals surface area contributed by atoms with Crippen LogP contribution in [0.2, 0.25) is 0 Å². The van der Waals surface area contributed by atoms with Gasteiger partial charge in [-0.3, -0.25) is 14.0 Å². The maximum Gasteiger partial charge on any atom is 0.294 e. The number of carbonyl (C=O) groups excluding carboxylic acids is 1. The largest absolute Gasteiger partial charge is 0.466 e. The van der Waals surface area contributed by atoms with Crippen molar-refractivity contribution < 1.29 is 13.9 Å². The highest BCUT2D eigenvalue weighted by Crippen LogP contribution is 2.25. The molecule has 3 aromatic heterocycles. The van der Waals surface area contributed by atoms with E-state index in [-0.39, 0.29) is 28.8 Å². The van der Waals surface area contributed by atoms with Crippen molar-refractivity contribution in [1.82, 2.24) is 19.3 Å². The van der Waals surface area contributed by atoms with Crippen molar-refractivity contribution in [1.29, 1.82) is 0 Å².